The molecule has 17 amide bonds. The predicted octanol–water partition coefficient (Wildman–Crippen LogP) is -12.4. The summed E-state index contributed by atoms with van der Waals surface area (Å²) in [6.45, 7) is 12.4. The fourth-order valence-electron chi connectivity index (χ4n) is 12.5. The van der Waals surface area contributed by atoms with Crippen LogP contribution in [0.3, 0.4) is 0 Å². The average molecular weight is 1910 g/mol. The number of carbonyl (C=O) groups is 19. The lowest BCUT2D eigenvalue weighted by atomic mass is 9.96. The summed E-state index contributed by atoms with van der Waals surface area (Å²) in [6, 6.07) is -26.3. The van der Waals surface area contributed by atoms with E-state index < -0.39 is 283 Å². The Morgan fingerprint density at radius 2 is 0.545 bits per heavy atom. The molecular weight excluding hydrogens is 1770 g/mol. The normalized spacial score (nSPS) is 15.1. The van der Waals surface area contributed by atoms with Crippen molar-refractivity contribution >= 4 is 136 Å². The van der Waals surface area contributed by atoms with Gasteiger partial charge in [-0.3, -0.25) is 108 Å². The molecule has 0 fully saturated rings. The van der Waals surface area contributed by atoms with E-state index in [1.807, 2.05) is 0 Å². The molecule has 55 heteroatoms. The van der Waals surface area contributed by atoms with E-state index in [2.05, 4.69) is 106 Å². The Labute approximate surface area is 776 Å². The second-order valence-corrected chi connectivity index (χ2v) is 32.7. The van der Waals surface area contributed by atoms with E-state index in [1.165, 1.54) is 48.5 Å². The molecule has 0 aromatic rings. The first-order valence-electron chi connectivity index (χ1n) is 44.1. The number of amides is 17. The van der Waals surface area contributed by atoms with Crippen molar-refractivity contribution in [2.24, 2.45) is 63.6 Å². The van der Waals surface area contributed by atoms with Crippen molar-refractivity contribution in [3.63, 3.8) is 0 Å². The zero-order chi connectivity index (χ0) is 102. The van der Waals surface area contributed by atoms with E-state index in [1.54, 1.807) is 13.8 Å². The van der Waals surface area contributed by atoms with Gasteiger partial charge in [0, 0.05) is 32.6 Å². The highest BCUT2D eigenvalue weighted by Crippen LogP contribution is 2.16. The molecule has 0 radical (unpaired) electrons. The first-order valence-corrected chi connectivity index (χ1v) is 44.1. The quantitative estimate of drug-likeness (QED) is 0.0153. The monoisotopic (exact) mass is 1910 g/mol. The SMILES string of the molecule is CC[C@H](C)[C@H](NC(=O)[C@H](CO)NC(=O)[C@H](C)NC(=O)[C@H](C)NC(=O)[C@H](CCC(N)=O)NC(=O)[C@H](CCCCN)NC(=O)[C@H](CCCNC(=N)N)NC(=O)[C@H](C)NC(=O)[C@@H](N)CCCNC(=N)N)C(=O)N[C@@H](CCCCN)C(=O)N[C@H](C(=O)N[C@@H](CCCNC(=N)N)C(=O)N[C@H](C(=O)N[C@@H](CO)C(=O)N[C@@H](C)C(=O)N[C@@H](CC(=O)O)C(=O)N[C@@H](CCCNC(=N)N)C(=O)O)C(C)C)C(C)C. The highest BCUT2D eigenvalue weighted by molar-refractivity contribution is 6.02. The number of unbranched alkanes of at least 4 members (excludes halogenated alkanes) is 2. The minimum absolute atomic E-state index is 0.0236. The van der Waals surface area contributed by atoms with Crippen LogP contribution in [0.25, 0.3) is 0 Å². The maximum absolute atomic E-state index is 14.6. The highest BCUT2D eigenvalue weighted by Gasteiger charge is 2.40. The Balaban J connectivity index is 6.79. The molecule has 55 nitrogen and oxygen atoms in total. The van der Waals surface area contributed by atoms with Crippen molar-refractivity contribution < 1.29 is 112 Å². The zero-order valence-electron chi connectivity index (χ0n) is 77.6. The Kier molecular flexibility index (Phi) is 58.2. The first-order chi connectivity index (χ1) is 62.8. The number of aliphatic hydroxyl groups is 2. The molecule has 0 rings (SSSR count). The topological polar surface area (TPSA) is 949 Å². The van der Waals surface area contributed by atoms with E-state index in [4.69, 9.17) is 67.5 Å². The highest BCUT2D eigenvalue weighted by atomic mass is 16.4. The van der Waals surface area contributed by atoms with Crippen LogP contribution in [0.15, 0.2) is 0 Å². The molecule has 0 saturated carbocycles. The fourth-order valence-corrected chi connectivity index (χ4v) is 12.5. The number of hydrogen-bond donors (Lipinski definition) is 36. The number of carboxylic acids is 2. The largest absolute Gasteiger partial charge is 0.481 e. The van der Waals surface area contributed by atoms with Gasteiger partial charge in [-0.25, -0.2) is 4.79 Å². The molecule has 44 N–H and O–H groups in total. The van der Waals surface area contributed by atoms with Gasteiger partial charge in [0.2, 0.25) is 100 Å². The van der Waals surface area contributed by atoms with Gasteiger partial charge in [0.15, 0.2) is 23.8 Å². The van der Waals surface area contributed by atoms with Crippen LogP contribution in [0.5, 0.6) is 0 Å². The number of aliphatic carboxylic acids is 2. The summed E-state index contributed by atoms with van der Waals surface area (Å²) in [5, 5.41) is 119. The lowest BCUT2D eigenvalue weighted by Crippen LogP contribution is -2.62. The number of primary amides is 1. The van der Waals surface area contributed by atoms with Gasteiger partial charge in [0.25, 0.3) is 0 Å². The molecule has 0 spiro atoms. The number of carboxylic acid groups (broad SMARTS) is 2. The number of hydrogen-bond acceptors (Lipinski definition) is 28. The first kappa shape index (κ1) is 121. The van der Waals surface area contributed by atoms with Crippen molar-refractivity contribution in [3.05, 3.63) is 0 Å². The summed E-state index contributed by atoms with van der Waals surface area (Å²) in [5.41, 5.74) is 44.5. The lowest BCUT2D eigenvalue weighted by molar-refractivity contribution is -0.144. The van der Waals surface area contributed by atoms with Crippen LogP contribution in [0, 0.1) is 39.4 Å². The summed E-state index contributed by atoms with van der Waals surface area (Å²) in [5.74, 6) is -24.2. The van der Waals surface area contributed by atoms with Crippen molar-refractivity contribution in [1.82, 2.24) is 106 Å². The van der Waals surface area contributed by atoms with Gasteiger partial charge in [0.1, 0.15) is 96.7 Å². The third-order valence-corrected chi connectivity index (χ3v) is 20.6. The van der Waals surface area contributed by atoms with E-state index in [0.717, 1.165) is 6.92 Å². The fraction of sp³-hybridized carbons (Fsp3) is 0.709. The summed E-state index contributed by atoms with van der Waals surface area (Å²) < 4.78 is 0. The Bertz CT molecular complexity index is 3960. The van der Waals surface area contributed by atoms with Crippen molar-refractivity contribution in [2.45, 2.75) is 288 Å². The third kappa shape index (κ3) is 48.8. The predicted molar refractivity (Wildman–Crippen MR) is 486 cm³/mol. The summed E-state index contributed by atoms with van der Waals surface area (Å²) in [6.07, 6.45) is -0.764. The molecule has 0 saturated heterocycles. The number of aliphatic hydroxyl groups excluding tert-OH is 2. The van der Waals surface area contributed by atoms with Gasteiger partial charge in [0.05, 0.1) is 25.7 Å². The standard InChI is InChI=1S/C79H146N32O23/c1-11-39(6)58(111-71(129)53(36-113)107-62(120)41(8)96-59(117)40(7)98-64(122)49(26-27-54(83)114)102-65(123)45(21-12-14-28-80)101-66(124)47(23-17-31-93-77(86)87)100-60(118)42(9)97-63(121)44(82)20-16-30-92-76(84)85)74(132)104-46(22-13-15-29-81)67(125)109-56(37(2)3)72(130)103-48(24-18-32-94-78(88)89)68(126)110-57(38(4)5)73(131)108-52(35-112)70(128)99-43(10)61(119)106-51(34-55(115)116)69(127)105-50(75(133)134)25-19-33-95-79(90)91/h37-53,56-58,112-113H,11-36,80-82H2,1-10H3,(H2,83,114)(H,96,117)(H,97,121)(H,98,122)(H,99,128)(H,100,118)(H,101,124)(H,102,123)(H,103,130)(H,104,132)(H,105,127)(H,106,119)(H,107,120)(H,108,131)(H,109,125)(H,110,126)(H,111,129)(H,115,116)(H,133,134)(H4,84,85,92)(H4,86,87,93)(H4,88,89,94)(H4,90,91,95)/t39-,40-,41-,42-,43-,44-,45-,46-,47-,48-,49-,50-,51-,52-,53-,56-,57-,58-/m0/s1. The van der Waals surface area contributed by atoms with Crippen LogP contribution in [-0.4, -0.2) is 312 Å². The van der Waals surface area contributed by atoms with E-state index >= 15 is 0 Å². The van der Waals surface area contributed by atoms with Crippen molar-refractivity contribution in [2.75, 3.05) is 52.5 Å². The minimum atomic E-state index is -1.89. The maximum Gasteiger partial charge on any atom is 0.326 e. The van der Waals surface area contributed by atoms with Crippen molar-refractivity contribution in [3.8, 4) is 0 Å². The molecule has 760 valence electrons. The molecule has 0 aliphatic rings. The molecule has 0 aliphatic carbocycles. The average Bonchev–Trinajstić information content (AvgIpc) is 0.834. The number of nitrogens with one attached hydrogen (secondary N) is 24. The molecule has 0 aromatic heterocycles. The Morgan fingerprint density at radius 3 is 0.888 bits per heavy atom. The number of rotatable bonds is 68. The van der Waals surface area contributed by atoms with Crippen LogP contribution in [0.4, 0.5) is 0 Å². The smallest absolute Gasteiger partial charge is 0.326 e. The molecule has 0 aromatic carbocycles. The van der Waals surface area contributed by atoms with Crippen LogP contribution in [0.2, 0.25) is 0 Å². The lowest BCUT2D eigenvalue weighted by Gasteiger charge is -2.30. The number of nitrogens with two attached hydrogens (primary N) is 8. The number of guanidine groups is 4. The number of carbonyl (C=O) groups excluding carboxylic acids is 17. The molecule has 0 heterocycles. The van der Waals surface area contributed by atoms with Gasteiger partial charge < -0.3 is 173 Å². The van der Waals surface area contributed by atoms with E-state index in [9.17, 15) is 112 Å². The van der Waals surface area contributed by atoms with Crippen molar-refractivity contribution in [1.29, 1.82) is 21.6 Å². The van der Waals surface area contributed by atoms with Gasteiger partial charge in [-0.05, 0) is 155 Å². The van der Waals surface area contributed by atoms with Crippen LogP contribution < -0.4 is 152 Å². The molecule has 0 bridgehead atoms. The molecular formula is C79H146N32O23. The zero-order valence-corrected chi connectivity index (χ0v) is 77.6. The van der Waals surface area contributed by atoms with E-state index in [0.29, 0.717) is 19.3 Å². The third-order valence-electron chi connectivity index (χ3n) is 20.6. The second kappa shape index (κ2) is 64.6. The van der Waals surface area contributed by atoms with Crippen LogP contribution >= 0.6 is 0 Å². The molecule has 0 aliphatic heterocycles. The van der Waals surface area contributed by atoms with E-state index in [-0.39, 0.29) is 122 Å². The second-order valence-electron chi connectivity index (χ2n) is 32.7. The van der Waals surface area contributed by atoms with Gasteiger partial charge in [-0.2, -0.15) is 0 Å². The molecule has 18 atom stereocenters. The van der Waals surface area contributed by atoms with Gasteiger partial charge in [-0.1, -0.05) is 48.0 Å². The Hall–Kier alpha value is -13.2. The molecule has 0 unspecified atom stereocenters. The maximum atomic E-state index is 14.6. The van der Waals surface area contributed by atoms with Gasteiger partial charge >= 0.3 is 11.9 Å². The summed E-state index contributed by atoms with van der Waals surface area (Å²) in [7, 11) is 0. The minimum Gasteiger partial charge on any atom is -0.481 e. The van der Waals surface area contributed by atoms with Crippen LogP contribution in [-0.2, 0) is 91.1 Å². The summed E-state index contributed by atoms with van der Waals surface area (Å²) in [4.78, 5) is 259. The summed E-state index contributed by atoms with van der Waals surface area (Å²) >= 11 is 0. The van der Waals surface area contributed by atoms with Gasteiger partial charge in [-0.15, -0.1) is 0 Å². The van der Waals surface area contributed by atoms with Crippen LogP contribution in [0.1, 0.15) is 185 Å². The molecule has 134 heavy (non-hydrogen) atoms. The Morgan fingerprint density at radius 1 is 0.291 bits per heavy atom.